The first kappa shape index (κ1) is 20.2. The van der Waals surface area contributed by atoms with Gasteiger partial charge in [0.1, 0.15) is 5.75 Å². The van der Waals surface area contributed by atoms with Gasteiger partial charge in [0.2, 0.25) is 5.88 Å². The molecular weight excluding hydrogens is 348 g/mol. The van der Waals surface area contributed by atoms with Crippen molar-refractivity contribution in [3.8, 4) is 11.6 Å². The van der Waals surface area contributed by atoms with Crippen molar-refractivity contribution in [3.63, 3.8) is 0 Å². The first-order valence-corrected chi connectivity index (χ1v) is 8.78. The van der Waals surface area contributed by atoms with Crippen LogP contribution < -0.4 is 14.8 Å². The number of carboxylic acid groups (broad SMARTS) is 1. The van der Waals surface area contributed by atoms with Crippen molar-refractivity contribution in [1.82, 2.24) is 10.3 Å². The molecule has 0 unspecified atom stereocenters. The quantitative estimate of drug-likeness (QED) is 0.622. The predicted molar refractivity (Wildman–Crippen MR) is 100.0 cm³/mol. The van der Waals surface area contributed by atoms with Gasteiger partial charge >= 0.3 is 5.97 Å². The molecule has 7 nitrogen and oxygen atoms in total. The Morgan fingerprint density at radius 3 is 2.48 bits per heavy atom. The van der Waals surface area contributed by atoms with Crippen molar-refractivity contribution in [2.24, 2.45) is 0 Å². The molecule has 0 saturated heterocycles. The summed E-state index contributed by atoms with van der Waals surface area (Å²) in [5, 5.41) is 11.4. The fourth-order valence-corrected chi connectivity index (χ4v) is 2.23. The van der Waals surface area contributed by atoms with E-state index in [1.165, 1.54) is 6.20 Å². The fourth-order valence-electron chi connectivity index (χ4n) is 2.23. The maximum absolute atomic E-state index is 12.2. The van der Waals surface area contributed by atoms with E-state index in [2.05, 4.69) is 10.3 Å². The van der Waals surface area contributed by atoms with E-state index in [4.69, 9.17) is 14.6 Å². The number of hydrogen-bond donors (Lipinski definition) is 2. The zero-order valence-electron chi connectivity index (χ0n) is 15.5. The molecule has 0 atom stereocenters. The van der Waals surface area contributed by atoms with Gasteiger partial charge in [-0.2, -0.15) is 0 Å². The first-order valence-electron chi connectivity index (χ1n) is 8.78. The summed E-state index contributed by atoms with van der Waals surface area (Å²) in [7, 11) is 0. The molecule has 27 heavy (non-hydrogen) atoms. The van der Waals surface area contributed by atoms with Gasteiger partial charge in [-0.25, -0.2) is 4.98 Å². The zero-order chi connectivity index (χ0) is 19.6. The van der Waals surface area contributed by atoms with Gasteiger partial charge in [0.05, 0.1) is 18.3 Å². The lowest BCUT2D eigenvalue weighted by molar-refractivity contribution is -0.137. The maximum atomic E-state index is 12.2. The van der Waals surface area contributed by atoms with Crippen LogP contribution in [0.15, 0.2) is 42.6 Å². The minimum atomic E-state index is -0.832. The highest BCUT2D eigenvalue weighted by Crippen LogP contribution is 2.13. The lowest BCUT2D eigenvalue weighted by Gasteiger charge is -2.10. The molecule has 1 aromatic carbocycles. The van der Waals surface area contributed by atoms with Crippen LogP contribution >= 0.6 is 0 Å². The Bertz CT molecular complexity index is 742. The molecule has 1 aromatic heterocycles. The third-order valence-electron chi connectivity index (χ3n) is 3.54. The van der Waals surface area contributed by atoms with Crippen LogP contribution in [0.4, 0.5) is 0 Å². The van der Waals surface area contributed by atoms with Crippen LogP contribution in [-0.4, -0.2) is 34.7 Å². The molecule has 0 spiro atoms. The molecule has 0 fully saturated rings. The minimum absolute atomic E-state index is 0.0290. The third kappa shape index (κ3) is 7.35. The van der Waals surface area contributed by atoms with Gasteiger partial charge in [-0.15, -0.1) is 0 Å². The molecule has 1 amide bonds. The van der Waals surface area contributed by atoms with E-state index < -0.39 is 5.97 Å². The van der Waals surface area contributed by atoms with Gasteiger partial charge in [0, 0.05) is 25.2 Å². The number of nitrogens with one attached hydrogen (secondary N) is 1. The van der Waals surface area contributed by atoms with Crippen molar-refractivity contribution in [2.45, 2.75) is 39.3 Å². The Balaban J connectivity index is 1.78. The number of carboxylic acids is 1. The summed E-state index contributed by atoms with van der Waals surface area (Å²) in [5.74, 6) is 0.107. The van der Waals surface area contributed by atoms with Crippen molar-refractivity contribution in [3.05, 3.63) is 53.7 Å². The second-order valence-corrected chi connectivity index (χ2v) is 6.22. The average molecular weight is 372 g/mol. The monoisotopic (exact) mass is 372 g/mol. The summed E-state index contributed by atoms with van der Waals surface area (Å²) in [4.78, 5) is 26.7. The highest BCUT2D eigenvalue weighted by molar-refractivity contribution is 5.93. The predicted octanol–water partition coefficient (Wildman–Crippen LogP) is 3.04. The lowest BCUT2D eigenvalue weighted by Crippen LogP contribution is -2.23. The zero-order valence-corrected chi connectivity index (χ0v) is 15.5. The smallest absolute Gasteiger partial charge is 0.303 e. The van der Waals surface area contributed by atoms with Crippen LogP contribution in [0, 0.1) is 0 Å². The number of carbonyl (C=O) groups excluding carboxylic acids is 1. The highest BCUT2D eigenvalue weighted by Gasteiger charge is 2.07. The molecule has 0 bridgehead atoms. The standard InChI is InChI=1S/C20H24N2O5/c1-14(2)27-18-10-7-16(13-21-18)20(25)22-12-15-5-8-17(9-6-15)26-11-3-4-19(23)24/h5-10,13-14H,3-4,11-12H2,1-2H3,(H,22,25)(H,23,24). The second-order valence-electron chi connectivity index (χ2n) is 6.22. The molecule has 0 aliphatic rings. The normalized spacial score (nSPS) is 10.5. The molecule has 2 N–H and O–H groups in total. The van der Waals surface area contributed by atoms with Gasteiger partial charge in [0.25, 0.3) is 5.91 Å². The molecule has 7 heteroatoms. The first-order chi connectivity index (χ1) is 12.9. The van der Waals surface area contributed by atoms with E-state index in [0.717, 1.165) is 5.56 Å². The van der Waals surface area contributed by atoms with E-state index >= 15 is 0 Å². The van der Waals surface area contributed by atoms with Crippen LogP contribution in [0.5, 0.6) is 11.6 Å². The average Bonchev–Trinajstić information content (AvgIpc) is 2.64. The van der Waals surface area contributed by atoms with E-state index in [-0.39, 0.29) is 18.4 Å². The summed E-state index contributed by atoms with van der Waals surface area (Å²) in [5.41, 5.74) is 1.39. The van der Waals surface area contributed by atoms with Crippen molar-refractivity contribution in [1.29, 1.82) is 0 Å². The third-order valence-corrected chi connectivity index (χ3v) is 3.54. The van der Waals surface area contributed by atoms with E-state index in [1.54, 1.807) is 24.3 Å². The molecule has 144 valence electrons. The molecule has 0 radical (unpaired) electrons. The van der Waals surface area contributed by atoms with Gasteiger partial charge in [-0.05, 0) is 44.0 Å². The number of ether oxygens (including phenoxy) is 2. The number of rotatable bonds is 10. The Hall–Kier alpha value is -3.09. The minimum Gasteiger partial charge on any atom is -0.494 e. The van der Waals surface area contributed by atoms with Crippen LogP contribution in [-0.2, 0) is 11.3 Å². The van der Waals surface area contributed by atoms with Crippen LogP contribution in [0.1, 0.15) is 42.6 Å². The van der Waals surface area contributed by atoms with Crippen molar-refractivity contribution < 1.29 is 24.2 Å². The van der Waals surface area contributed by atoms with Crippen LogP contribution in [0.25, 0.3) is 0 Å². The van der Waals surface area contributed by atoms with Crippen molar-refractivity contribution >= 4 is 11.9 Å². The number of benzene rings is 1. The molecular formula is C20H24N2O5. The molecule has 0 saturated carbocycles. The lowest BCUT2D eigenvalue weighted by atomic mass is 10.2. The Labute approximate surface area is 158 Å². The Morgan fingerprint density at radius 1 is 1.15 bits per heavy atom. The highest BCUT2D eigenvalue weighted by atomic mass is 16.5. The largest absolute Gasteiger partial charge is 0.494 e. The maximum Gasteiger partial charge on any atom is 0.303 e. The summed E-state index contributed by atoms with van der Waals surface area (Å²) in [6, 6.07) is 10.6. The summed E-state index contributed by atoms with van der Waals surface area (Å²) < 4.78 is 10.9. The Kier molecular flexibility index (Phi) is 7.61. The second kappa shape index (κ2) is 10.2. The number of carbonyl (C=O) groups is 2. The van der Waals surface area contributed by atoms with E-state index in [9.17, 15) is 9.59 Å². The SMILES string of the molecule is CC(C)Oc1ccc(C(=O)NCc2ccc(OCCCC(=O)O)cc2)cn1. The fraction of sp³-hybridized carbons (Fsp3) is 0.350. The molecule has 2 aromatic rings. The van der Waals surface area contributed by atoms with Crippen molar-refractivity contribution in [2.75, 3.05) is 6.61 Å². The van der Waals surface area contributed by atoms with E-state index in [1.807, 2.05) is 26.0 Å². The number of pyridine rings is 1. The number of amides is 1. The van der Waals surface area contributed by atoms with Gasteiger partial charge in [0.15, 0.2) is 0 Å². The summed E-state index contributed by atoms with van der Waals surface area (Å²) >= 11 is 0. The number of hydrogen-bond acceptors (Lipinski definition) is 5. The van der Waals surface area contributed by atoms with Gasteiger partial charge < -0.3 is 19.9 Å². The van der Waals surface area contributed by atoms with Crippen LogP contribution in [0.3, 0.4) is 0 Å². The summed E-state index contributed by atoms with van der Waals surface area (Å²) in [6.45, 7) is 4.55. The topological polar surface area (TPSA) is 97.8 Å². The van der Waals surface area contributed by atoms with Crippen LogP contribution in [0.2, 0.25) is 0 Å². The number of nitrogens with zero attached hydrogens (tertiary/aromatic N) is 1. The molecule has 0 aliphatic carbocycles. The number of aliphatic carboxylic acids is 1. The van der Waals surface area contributed by atoms with E-state index in [0.29, 0.717) is 36.8 Å². The molecule has 0 aliphatic heterocycles. The van der Waals surface area contributed by atoms with Gasteiger partial charge in [-0.1, -0.05) is 12.1 Å². The number of aromatic nitrogens is 1. The molecule has 1 heterocycles. The molecule has 2 rings (SSSR count). The van der Waals surface area contributed by atoms with Gasteiger partial charge in [-0.3, -0.25) is 9.59 Å². The Morgan fingerprint density at radius 2 is 1.89 bits per heavy atom. The summed E-state index contributed by atoms with van der Waals surface area (Å²) in [6.07, 6.45) is 2.06.